The molecule has 0 saturated heterocycles. The number of nitrogens with one attached hydrogen (secondary N) is 1. The first kappa shape index (κ1) is 18.1. The number of carbonyl (C=O) groups excluding carboxylic acids is 1. The van der Waals surface area contributed by atoms with Crippen molar-refractivity contribution in [1.82, 2.24) is 20.2 Å². The van der Waals surface area contributed by atoms with Crippen LogP contribution in [0.25, 0.3) is 11.4 Å². The maximum Gasteiger partial charge on any atom is 0.251 e. The van der Waals surface area contributed by atoms with Crippen molar-refractivity contribution in [3.8, 4) is 11.4 Å². The van der Waals surface area contributed by atoms with Gasteiger partial charge in [0, 0.05) is 16.1 Å². The number of benzene rings is 2. The molecule has 1 amide bonds. The molecule has 0 bridgehead atoms. The van der Waals surface area contributed by atoms with Crippen LogP contribution in [0.5, 0.6) is 0 Å². The van der Waals surface area contributed by atoms with Crippen molar-refractivity contribution in [3.63, 3.8) is 0 Å². The fourth-order valence-electron chi connectivity index (χ4n) is 2.61. The summed E-state index contributed by atoms with van der Waals surface area (Å²) in [6.07, 6.45) is 2.02. The second-order valence-electron chi connectivity index (χ2n) is 6.21. The van der Waals surface area contributed by atoms with E-state index in [1.807, 2.05) is 74.7 Å². The van der Waals surface area contributed by atoms with E-state index in [2.05, 4.69) is 20.7 Å². The molecule has 26 heavy (non-hydrogen) atoms. The zero-order chi connectivity index (χ0) is 18.5. The van der Waals surface area contributed by atoms with Gasteiger partial charge in [0.1, 0.15) is 0 Å². The third-order valence-electron chi connectivity index (χ3n) is 3.97. The molecule has 0 fully saturated rings. The molecule has 6 nitrogen and oxygen atoms in total. The maximum atomic E-state index is 12.8. The van der Waals surface area contributed by atoms with Crippen molar-refractivity contribution >= 4 is 23.4 Å². The molecule has 0 spiro atoms. The summed E-state index contributed by atoms with van der Waals surface area (Å²) in [5.41, 5.74) is 1.62. The number of anilines is 1. The van der Waals surface area contributed by atoms with Crippen molar-refractivity contribution in [1.29, 1.82) is 0 Å². The van der Waals surface area contributed by atoms with Crippen LogP contribution in [0, 0.1) is 5.92 Å². The number of hydrogen-bond donors (Lipinski definition) is 1. The maximum absolute atomic E-state index is 12.8. The summed E-state index contributed by atoms with van der Waals surface area (Å²) >= 11 is 1.66. The molecule has 3 rings (SSSR count). The number of hydrogen-bond acceptors (Lipinski definition) is 5. The minimum absolute atomic E-state index is 0.0123. The average Bonchev–Trinajstić information content (AvgIpc) is 3.12. The van der Waals surface area contributed by atoms with E-state index < -0.39 is 6.04 Å². The Morgan fingerprint density at radius 1 is 1.08 bits per heavy atom. The van der Waals surface area contributed by atoms with Crippen LogP contribution in [0.2, 0.25) is 0 Å². The molecule has 134 valence electrons. The largest absolute Gasteiger partial charge is 0.324 e. The van der Waals surface area contributed by atoms with Gasteiger partial charge in [-0.2, -0.15) is 4.80 Å². The molecule has 2 aromatic carbocycles. The third-order valence-corrected chi connectivity index (χ3v) is 4.71. The quantitative estimate of drug-likeness (QED) is 0.669. The monoisotopic (exact) mass is 367 g/mol. The van der Waals surface area contributed by atoms with E-state index in [1.54, 1.807) is 11.8 Å². The van der Waals surface area contributed by atoms with E-state index in [-0.39, 0.29) is 11.8 Å². The van der Waals surface area contributed by atoms with Crippen LogP contribution in [0.3, 0.4) is 0 Å². The lowest BCUT2D eigenvalue weighted by Gasteiger charge is -2.18. The number of carbonyl (C=O) groups is 1. The molecule has 7 heteroatoms. The summed E-state index contributed by atoms with van der Waals surface area (Å²) in [6.45, 7) is 3.93. The third kappa shape index (κ3) is 4.11. The van der Waals surface area contributed by atoms with E-state index in [1.165, 1.54) is 4.80 Å². The van der Waals surface area contributed by atoms with Crippen LogP contribution in [0.4, 0.5) is 5.69 Å². The number of tetrazole rings is 1. The fraction of sp³-hybridized carbons (Fsp3) is 0.263. The second-order valence-corrected chi connectivity index (χ2v) is 7.09. The Hall–Kier alpha value is -2.67. The van der Waals surface area contributed by atoms with E-state index in [4.69, 9.17) is 0 Å². The first-order valence-electron chi connectivity index (χ1n) is 8.38. The summed E-state index contributed by atoms with van der Waals surface area (Å²) in [5, 5.41) is 15.6. The molecular weight excluding hydrogens is 346 g/mol. The van der Waals surface area contributed by atoms with E-state index in [0.29, 0.717) is 5.82 Å². The zero-order valence-electron chi connectivity index (χ0n) is 15.0. The standard InChI is InChI=1S/C19H21N5OS/c1-13(2)17(19(25)20-15-9-11-16(26-3)12-10-15)24-22-18(21-23-24)14-7-5-4-6-8-14/h4-13,17H,1-3H3,(H,20,25)/t17-/m0/s1. The SMILES string of the molecule is CSc1ccc(NC(=O)[C@H](C(C)C)n2nnc(-c3ccccc3)n2)cc1. The Morgan fingerprint density at radius 3 is 2.38 bits per heavy atom. The van der Waals surface area contributed by atoms with Crippen LogP contribution < -0.4 is 5.32 Å². The van der Waals surface area contributed by atoms with Crippen LogP contribution in [-0.4, -0.2) is 32.4 Å². The fourth-order valence-corrected chi connectivity index (χ4v) is 3.02. The van der Waals surface area contributed by atoms with Crippen LogP contribution >= 0.6 is 11.8 Å². The minimum Gasteiger partial charge on any atom is -0.324 e. The van der Waals surface area contributed by atoms with Crippen molar-refractivity contribution in [3.05, 3.63) is 54.6 Å². The Labute approximate surface area is 157 Å². The molecule has 1 heterocycles. The van der Waals surface area contributed by atoms with Crippen molar-refractivity contribution in [2.75, 3.05) is 11.6 Å². The number of thioether (sulfide) groups is 1. The molecule has 3 aromatic rings. The number of amides is 1. The molecule has 1 aromatic heterocycles. The molecule has 0 aliphatic rings. The van der Waals surface area contributed by atoms with Crippen LogP contribution in [0.15, 0.2) is 59.5 Å². The topological polar surface area (TPSA) is 72.7 Å². The highest BCUT2D eigenvalue weighted by molar-refractivity contribution is 7.98. The molecule has 1 atom stereocenters. The zero-order valence-corrected chi connectivity index (χ0v) is 15.8. The normalized spacial score (nSPS) is 12.2. The van der Waals surface area contributed by atoms with Crippen LogP contribution in [-0.2, 0) is 4.79 Å². The van der Waals surface area contributed by atoms with Gasteiger partial charge >= 0.3 is 0 Å². The lowest BCUT2D eigenvalue weighted by Crippen LogP contribution is -2.31. The van der Waals surface area contributed by atoms with E-state index in [0.717, 1.165) is 16.1 Å². The van der Waals surface area contributed by atoms with Gasteiger partial charge in [-0.3, -0.25) is 4.79 Å². The average molecular weight is 367 g/mol. The highest BCUT2D eigenvalue weighted by Crippen LogP contribution is 2.22. The van der Waals surface area contributed by atoms with Gasteiger partial charge < -0.3 is 5.32 Å². The summed E-state index contributed by atoms with van der Waals surface area (Å²) in [4.78, 5) is 15.4. The first-order valence-corrected chi connectivity index (χ1v) is 9.61. The summed E-state index contributed by atoms with van der Waals surface area (Å²) < 4.78 is 0. The Bertz CT molecular complexity index is 861. The number of nitrogens with zero attached hydrogens (tertiary/aromatic N) is 4. The first-order chi connectivity index (χ1) is 12.6. The summed E-state index contributed by atoms with van der Waals surface area (Å²) in [5.74, 6) is 0.362. The highest BCUT2D eigenvalue weighted by atomic mass is 32.2. The minimum atomic E-state index is -0.541. The molecule has 1 N–H and O–H groups in total. The summed E-state index contributed by atoms with van der Waals surface area (Å²) in [7, 11) is 0. The Kier molecular flexibility index (Phi) is 5.68. The van der Waals surface area contributed by atoms with Gasteiger partial charge in [-0.05, 0) is 41.7 Å². The molecule has 0 saturated carbocycles. The van der Waals surface area contributed by atoms with E-state index >= 15 is 0 Å². The predicted molar refractivity (Wildman–Crippen MR) is 104 cm³/mol. The van der Waals surface area contributed by atoms with Gasteiger partial charge in [0.15, 0.2) is 6.04 Å². The van der Waals surface area contributed by atoms with Gasteiger partial charge in [-0.25, -0.2) is 0 Å². The molecule has 0 aliphatic heterocycles. The second kappa shape index (κ2) is 8.14. The Balaban J connectivity index is 1.80. The molecular formula is C19H21N5OS. The molecule has 0 radical (unpaired) electrons. The summed E-state index contributed by atoms with van der Waals surface area (Å²) in [6, 6.07) is 16.8. The van der Waals surface area contributed by atoms with Gasteiger partial charge in [0.05, 0.1) is 0 Å². The van der Waals surface area contributed by atoms with Crippen molar-refractivity contribution in [2.45, 2.75) is 24.8 Å². The van der Waals surface area contributed by atoms with Crippen LogP contribution in [0.1, 0.15) is 19.9 Å². The van der Waals surface area contributed by atoms with E-state index in [9.17, 15) is 4.79 Å². The number of rotatable bonds is 6. The van der Waals surface area contributed by atoms with Crippen molar-refractivity contribution in [2.24, 2.45) is 5.92 Å². The van der Waals surface area contributed by atoms with Crippen molar-refractivity contribution < 1.29 is 4.79 Å². The lowest BCUT2D eigenvalue weighted by atomic mass is 10.0. The van der Waals surface area contributed by atoms with Gasteiger partial charge in [-0.15, -0.1) is 22.0 Å². The highest BCUT2D eigenvalue weighted by Gasteiger charge is 2.27. The Morgan fingerprint density at radius 2 is 1.77 bits per heavy atom. The van der Waals surface area contributed by atoms with Gasteiger partial charge in [0.25, 0.3) is 5.91 Å². The number of aromatic nitrogens is 4. The molecule has 0 unspecified atom stereocenters. The molecule has 0 aliphatic carbocycles. The predicted octanol–water partition coefficient (Wildman–Crippen LogP) is 3.90. The van der Waals surface area contributed by atoms with Gasteiger partial charge in [0.2, 0.25) is 5.82 Å². The van der Waals surface area contributed by atoms with Gasteiger partial charge in [-0.1, -0.05) is 44.2 Å². The lowest BCUT2D eigenvalue weighted by molar-refractivity contribution is -0.121. The smallest absolute Gasteiger partial charge is 0.251 e.